The van der Waals surface area contributed by atoms with E-state index in [9.17, 15) is 4.79 Å². The number of thiophene rings is 1. The van der Waals surface area contributed by atoms with Crippen LogP contribution in [0.5, 0.6) is 0 Å². The van der Waals surface area contributed by atoms with Gasteiger partial charge in [0.2, 0.25) is 0 Å². The maximum atomic E-state index is 13.8. The van der Waals surface area contributed by atoms with Crippen molar-refractivity contribution in [1.29, 1.82) is 0 Å². The van der Waals surface area contributed by atoms with Crippen molar-refractivity contribution in [2.24, 2.45) is 0 Å². The number of carbonyl (C=O) groups is 1. The normalized spacial score (nSPS) is 18.6. The van der Waals surface area contributed by atoms with Gasteiger partial charge in [-0.2, -0.15) is 0 Å². The number of hydrogen-bond donors (Lipinski definition) is 0. The van der Waals surface area contributed by atoms with Crippen LogP contribution >= 0.6 is 22.9 Å². The van der Waals surface area contributed by atoms with Crippen LogP contribution in [0.2, 0.25) is 5.02 Å². The molecule has 1 aromatic heterocycles. The zero-order valence-electron chi connectivity index (χ0n) is 16.4. The summed E-state index contributed by atoms with van der Waals surface area (Å²) < 4.78 is 1.05. The minimum absolute atomic E-state index is 0.00584. The number of halogens is 1. The van der Waals surface area contributed by atoms with Crippen molar-refractivity contribution in [1.82, 2.24) is 0 Å². The van der Waals surface area contributed by atoms with E-state index in [4.69, 9.17) is 11.6 Å². The maximum absolute atomic E-state index is 13.8. The first-order valence-corrected chi connectivity index (χ1v) is 10.5. The quantitative estimate of drug-likeness (QED) is 0.428. The van der Waals surface area contributed by atoms with E-state index in [0.29, 0.717) is 15.8 Å². The molecule has 2 aromatic carbocycles. The van der Waals surface area contributed by atoms with Gasteiger partial charge in [0, 0.05) is 15.6 Å². The average molecular weight is 398 g/mol. The van der Waals surface area contributed by atoms with E-state index in [2.05, 4.69) is 46.8 Å². The van der Waals surface area contributed by atoms with E-state index < -0.39 is 0 Å². The van der Waals surface area contributed by atoms with E-state index in [1.807, 2.05) is 29.2 Å². The van der Waals surface area contributed by atoms with Crippen molar-refractivity contribution < 1.29 is 4.79 Å². The Bertz CT molecular complexity index is 1070. The number of hydrogen-bond acceptors (Lipinski definition) is 2. The second kappa shape index (κ2) is 6.35. The number of carbonyl (C=O) groups excluding carboxylic acids is 1. The molecule has 4 rings (SSSR count). The highest BCUT2D eigenvalue weighted by molar-refractivity contribution is 7.21. The Morgan fingerprint density at radius 1 is 1.22 bits per heavy atom. The van der Waals surface area contributed by atoms with E-state index >= 15 is 0 Å². The van der Waals surface area contributed by atoms with Gasteiger partial charge < -0.3 is 4.90 Å². The van der Waals surface area contributed by atoms with Crippen LogP contribution in [0.4, 0.5) is 5.69 Å². The Hall–Kier alpha value is -1.84. The summed E-state index contributed by atoms with van der Waals surface area (Å²) in [7, 11) is 0. The van der Waals surface area contributed by atoms with Crippen LogP contribution in [0.15, 0.2) is 36.4 Å². The van der Waals surface area contributed by atoms with Crippen molar-refractivity contribution in [2.75, 3.05) is 4.90 Å². The summed E-state index contributed by atoms with van der Waals surface area (Å²) in [5, 5.41) is 1.53. The second-order valence-electron chi connectivity index (χ2n) is 8.32. The summed E-state index contributed by atoms with van der Waals surface area (Å²) in [5.74, 6) is 0.418. The fourth-order valence-corrected chi connectivity index (χ4v) is 6.00. The predicted molar refractivity (Wildman–Crippen MR) is 117 cm³/mol. The average Bonchev–Trinajstić information content (AvgIpc) is 2.92. The van der Waals surface area contributed by atoms with Crippen LogP contribution in [0.3, 0.4) is 0 Å². The highest BCUT2D eigenvalue weighted by Gasteiger charge is 2.42. The van der Waals surface area contributed by atoms with E-state index in [1.165, 1.54) is 22.5 Å². The van der Waals surface area contributed by atoms with Crippen LogP contribution < -0.4 is 4.90 Å². The molecule has 0 bridgehead atoms. The lowest BCUT2D eigenvalue weighted by molar-refractivity contribution is 0.0957. The molecular weight excluding hydrogens is 374 g/mol. The highest BCUT2D eigenvalue weighted by Crippen LogP contribution is 2.47. The minimum atomic E-state index is -0.275. The largest absolute Gasteiger partial charge is 0.301 e. The Kier molecular flexibility index (Phi) is 4.36. The molecule has 27 heavy (non-hydrogen) atoms. The molecule has 0 radical (unpaired) electrons. The summed E-state index contributed by atoms with van der Waals surface area (Å²) in [6, 6.07) is 12.3. The van der Waals surface area contributed by atoms with Gasteiger partial charge >= 0.3 is 0 Å². The lowest BCUT2D eigenvalue weighted by atomic mass is 9.78. The fraction of sp³-hybridized carbons (Fsp3) is 0.348. The van der Waals surface area contributed by atoms with Crippen molar-refractivity contribution >= 4 is 44.6 Å². The van der Waals surface area contributed by atoms with E-state index in [0.717, 1.165) is 27.8 Å². The molecule has 2 heterocycles. The highest BCUT2D eigenvalue weighted by atomic mass is 35.5. The molecule has 0 N–H and O–H groups in total. The van der Waals surface area contributed by atoms with E-state index in [1.54, 1.807) is 0 Å². The van der Waals surface area contributed by atoms with Crippen LogP contribution in [-0.2, 0) is 0 Å². The van der Waals surface area contributed by atoms with Gasteiger partial charge in [-0.15, -0.1) is 11.3 Å². The molecule has 4 heteroatoms. The van der Waals surface area contributed by atoms with Gasteiger partial charge in [-0.05, 0) is 57.2 Å². The van der Waals surface area contributed by atoms with Gasteiger partial charge in [-0.3, -0.25) is 4.79 Å². The van der Waals surface area contributed by atoms with Gasteiger partial charge in [0.05, 0.1) is 10.7 Å². The van der Waals surface area contributed by atoms with Gasteiger partial charge in [-0.1, -0.05) is 54.4 Å². The van der Waals surface area contributed by atoms with Crippen molar-refractivity contribution in [2.45, 2.75) is 52.5 Å². The van der Waals surface area contributed by atoms with Gasteiger partial charge in [0.1, 0.15) is 4.88 Å². The lowest BCUT2D eigenvalue weighted by Crippen LogP contribution is -2.52. The third kappa shape index (κ3) is 2.88. The molecule has 1 amide bonds. The summed E-state index contributed by atoms with van der Waals surface area (Å²) in [6.07, 6.45) is 0.928. The van der Waals surface area contributed by atoms with Gasteiger partial charge in [-0.25, -0.2) is 0 Å². The number of anilines is 1. The number of nitrogens with zero attached hydrogens (tertiary/aromatic N) is 1. The summed E-state index contributed by atoms with van der Waals surface area (Å²) in [6.45, 7) is 10.8. The SMILES string of the molecule is Cc1cc(C)c2c(c1)[C@@H](C)CC(C)(C)N2C(=O)c1sc2ccccc2c1Cl. The lowest BCUT2D eigenvalue weighted by Gasteiger charge is -2.46. The Labute approximate surface area is 169 Å². The molecule has 140 valence electrons. The Morgan fingerprint density at radius 2 is 1.93 bits per heavy atom. The molecular formula is C23H24ClNOS. The second-order valence-corrected chi connectivity index (χ2v) is 9.75. The van der Waals surface area contributed by atoms with Crippen LogP contribution in [-0.4, -0.2) is 11.4 Å². The summed E-state index contributed by atoms with van der Waals surface area (Å²) >= 11 is 8.14. The molecule has 1 aliphatic heterocycles. The zero-order chi connectivity index (χ0) is 19.5. The first-order valence-electron chi connectivity index (χ1n) is 9.33. The van der Waals surface area contributed by atoms with Crippen molar-refractivity contribution in [3.8, 4) is 0 Å². The molecule has 0 unspecified atom stereocenters. The first-order chi connectivity index (χ1) is 12.7. The molecule has 1 aliphatic rings. The third-order valence-corrected chi connectivity index (χ3v) is 7.24. The first kappa shape index (κ1) is 18.5. The van der Waals surface area contributed by atoms with Crippen molar-refractivity contribution in [3.05, 3.63) is 63.0 Å². The van der Waals surface area contributed by atoms with Crippen molar-refractivity contribution in [3.63, 3.8) is 0 Å². The van der Waals surface area contributed by atoms with Crippen LogP contribution in [0, 0.1) is 13.8 Å². The third-order valence-electron chi connectivity index (χ3n) is 5.57. The topological polar surface area (TPSA) is 20.3 Å². The monoisotopic (exact) mass is 397 g/mol. The maximum Gasteiger partial charge on any atom is 0.270 e. The minimum Gasteiger partial charge on any atom is -0.301 e. The molecule has 1 atom stereocenters. The summed E-state index contributed by atoms with van der Waals surface area (Å²) in [4.78, 5) is 16.4. The molecule has 3 aromatic rings. The number of fused-ring (bicyclic) bond motifs is 2. The number of aryl methyl sites for hydroxylation is 2. The molecule has 2 nitrogen and oxygen atoms in total. The van der Waals surface area contributed by atoms with Gasteiger partial charge in [0.25, 0.3) is 5.91 Å². The zero-order valence-corrected chi connectivity index (χ0v) is 18.0. The molecule has 0 saturated heterocycles. The van der Waals surface area contributed by atoms with Crippen LogP contribution in [0.25, 0.3) is 10.1 Å². The predicted octanol–water partition coefficient (Wildman–Crippen LogP) is 7.10. The Balaban J connectivity index is 1.93. The van der Waals surface area contributed by atoms with Gasteiger partial charge in [0.15, 0.2) is 0 Å². The smallest absolute Gasteiger partial charge is 0.270 e. The number of benzene rings is 2. The molecule has 0 aliphatic carbocycles. The molecule has 0 spiro atoms. The molecule has 0 saturated carbocycles. The summed E-state index contributed by atoms with van der Waals surface area (Å²) in [5.41, 5.74) is 4.43. The van der Waals surface area contributed by atoms with Crippen LogP contribution in [0.1, 0.15) is 59.5 Å². The van der Waals surface area contributed by atoms with E-state index in [-0.39, 0.29) is 11.4 Å². The fourth-order valence-electron chi connectivity index (χ4n) is 4.56. The Morgan fingerprint density at radius 3 is 2.63 bits per heavy atom. The molecule has 0 fully saturated rings. The number of rotatable bonds is 1. The standard InChI is InChI=1S/C23H24ClNOS/c1-13-10-14(2)20-17(11-13)15(3)12-23(4,5)25(20)22(26)21-19(24)16-8-6-7-9-18(16)27-21/h6-11,15H,12H2,1-5H3/t15-/m0/s1. The number of amides is 1.